The fourth-order valence-electron chi connectivity index (χ4n) is 2.96. The topological polar surface area (TPSA) is 66.9 Å². The van der Waals surface area contributed by atoms with Gasteiger partial charge < -0.3 is 10.6 Å². The highest BCUT2D eigenvalue weighted by Crippen LogP contribution is 2.32. The molecule has 2 N–H and O–H groups in total. The van der Waals surface area contributed by atoms with Crippen molar-refractivity contribution in [3.8, 4) is 0 Å². The maximum Gasteiger partial charge on any atom is 0.229 e. The van der Waals surface area contributed by atoms with Gasteiger partial charge in [-0.15, -0.1) is 0 Å². The minimum absolute atomic E-state index is 0.0969. The Morgan fingerprint density at radius 2 is 1.91 bits per heavy atom. The molecular weight excluding hydrogens is 296 g/mol. The third-order valence-electron chi connectivity index (χ3n) is 4.39. The molecule has 2 aromatic rings. The molecule has 0 aromatic carbocycles. The highest BCUT2D eigenvalue weighted by Gasteiger charge is 2.30. The van der Waals surface area contributed by atoms with Crippen molar-refractivity contribution in [2.45, 2.75) is 51.0 Å². The molecule has 2 aliphatic carbocycles. The highest BCUT2D eigenvalue weighted by molar-refractivity contribution is 7.22. The Morgan fingerprint density at radius 3 is 2.68 bits per heavy atom. The van der Waals surface area contributed by atoms with Crippen LogP contribution in [0.25, 0.3) is 10.3 Å². The summed E-state index contributed by atoms with van der Waals surface area (Å²) in [6.07, 6.45) is 8.42. The Hall–Kier alpha value is -1.69. The molecule has 0 aliphatic heterocycles. The zero-order chi connectivity index (χ0) is 14.9. The van der Waals surface area contributed by atoms with Crippen LogP contribution < -0.4 is 10.6 Å². The van der Waals surface area contributed by atoms with Crippen molar-refractivity contribution < 1.29 is 4.79 Å². The van der Waals surface area contributed by atoms with E-state index in [0.717, 1.165) is 29.0 Å². The molecule has 0 saturated heterocycles. The number of fused-ring (bicyclic) bond motifs is 1. The number of rotatable bonds is 4. The third-order valence-corrected chi connectivity index (χ3v) is 5.27. The summed E-state index contributed by atoms with van der Waals surface area (Å²) in [5.74, 6) is 1.21. The lowest BCUT2D eigenvalue weighted by molar-refractivity contribution is -0.117. The van der Waals surface area contributed by atoms with Gasteiger partial charge in [0.15, 0.2) is 5.13 Å². The largest absolute Gasteiger partial charge is 0.367 e. The van der Waals surface area contributed by atoms with Crippen LogP contribution in [0.2, 0.25) is 0 Å². The number of carbonyl (C=O) groups is 1. The maximum atomic E-state index is 11.8. The van der Waals surface area contributed by atoms with Gasteiger partial charge in [0, 0.05) is 12.0 Å². The van der Waals surface area contributed by atoms with Crippen molar-refractivity contribution in [2.75, 3.05) is 10.6 Å². The average molecular weight is 316 g/mol. The van der Waals surface area contributed by atoms with Crippen LogP contribution in [-0.2, 0) is 4.79 Å². The van der Waals surface area contributed by atoms with E-state index in [1.165, 1.54) is 43.4 Å². The van der Waals surface area contributed by atoms with Crippen LogP contribution in [0, 0.1) is 5.92 Å². The van der Waals surface area contributed by atoms with Crippen LogP contribution in [0.4, 0.5) is 10.9 Å². The molecule has 2 fully saturated rings. The van der Waals surface area contributed by atoms with Gasteiger partial charge in [-0.2, -0.15) is 0 Å². The van der Waals surface area contributed by atoms with Crippen molar-refractivity contribution in [2.24, 2.45) is 5.92 Å². The van der Waals surface area contributed by atoms with E-state index in [-0.39, 0.29) is 11.8 Å². The number of amides is 1. The summed E-state index contributed by atoms with van der Waals surface area (Å²) in [6.45, 7) is 0. The van der Waals surface area contributed by atoms with E-state index >= 15 is 0 Å². The summed E-state index contributed by atoms with van der Waals surface area (Å²) >= 11 is 1.45. The molecule has 0 bridgehead atoms. The predicted octanol–water partition coefficient (Wildman–Crippen LogP) is 3.78. The van der Waals surface area contributed by atoms with E-state index in [4.69, 9.17) is 0 Å². The van der Waals surface area contributed by atoms with Gasteiger partial charge in [0.05, 0.1) is 0 Å². The van der Waals surface area contributed by atoms with Gasteiger partial charge in [-0.3, -0.25) is 4.79 Å². The van der Waals surface area contributed by atoms with Crippen molar-refractivity contribution in [1.29, 1.82) is 0 Å². The number of anilines is 2. The number of pyridine rings is 1. The second kappa shape index (κ2) is 5.83. The predicted molar refractivity (Wildman–Crippen MR) is 89.3 cm³/mol. The lowest BCUT2D eigenvalue weighted by Crippen LogP contribution is -2.22. The van der Waals surface area contributed by atoms with Gasteiger partial charge in [0.25, 0.3) is 0 Å². The molecule has 0 atom stereocenters. The van der Waals surface area contributed by atoms with Crippen LogP contribution in [0.15, 0.2) is 12.1 Å². The number of nitrogens with zero attached hydrogens (tertiary/aromatic N) is 2. The number of hydrogen-bond donors (Lipinski definition) is 2. The van der Waals surface area contributed by atoms with Crippen molar-refractivity contribution in [1.82, 2.24) is 9.97 Å². The molecule has 6 heteroatoms. The van der Waals surface area contributed by atoms with Gasteiger partial charge in [0.2, 0.25) is 5.91 Å². The van der Waals surface area contributed by atoms with E-state index in [1.54, 1.807) is 0 Å². The molecular formula is C16H20N4OS. The second-order valence-electron chi connectivity index (χ2n) is 6.28. The van der Waals surface area contributed by atoms with E-state index < -0.39 is 0 Å². The number of nitrogens with one attached hydrogen (secondary N) is 2. The first kappa shape index (κ1) is 13.9. The smallest absolute Gasteiger partial charge is 0.229 e. The Bertz CT molecular complexity index is 689. The fourth-order valence-corrected chi connectivity index (χ4v) is 3.80. The normalized spacial score (nSPS) is 19.3. The first-order chi connectivity index (χ1) is 10.8. The Morgan fingerprint density at radius 1 is 1.09 bits per heavy atom. The van der Waals surface area contributed by atoms with Gasteiger partial charge in [-0.1, -0.05) is 30.6 Å². The lowest BCUT2D eigenvalue weighted by atomic mass is 9.95. The quantitative estimate of drug-likeness (QED) is 0.900. The van der Waals surface area contributed by atoms with Gasteiger partial charge in [-0.25, -0.2) is 9.97 Å². The SMILES string of the molecule is O=C(Nc1nc2ccc(NC3CCCCC3)nc2s1)C1CC1. The Labute approximate surface area is 133 Å². The average Bonchev–Trinajstić information content (AvgIpc) is 3.30. The first-order valence-electron chi connectivity index (χ1n) is 8.13. The molecule has 2 heterocycles. The summed E-state index contributed by atoms with van der Waals surface area (Å²) in [4.78, 5) is 21.8. The zero-order valence-electron chi connectivity index (χ0n) is 12.5. The molecule has 2 aliphatic rings. The molecule has 2 saturated carbocycles. The number of aromatic nitrogens is 2. The minimum Gasteiger partial charge on any atom is -0.367 e. The Balaban J connectivity index is 1.48. The zero-order valence-corrected chi connectivity index (χ0v) is 13.3. The second-order valence-corrected chi connectivity index (χ2v) is 7.26. The first-order valence-corrected chi connectivity index (χ1v) is 8.94. The molecule has 22 heavy (non-hydrogen) atoms. The van der Waals surface area contributed by atoms with E-state index in [9.17, 15) is 4.79 Å². The summed E-state index contributed by atoms with van der Waals surface area (Å²) in [5, 5.41) is 7.10. The van der Waals surface area contributed by atoms with Gasteiger partial charge >= 0.3 is 0 Å². The molecule has 116 valence electrons. The number of carbonyl (C=O) groups excluding carboxylic acids is 1. The van der Waals surface area contributed by atoms with Gasteiger partial charge in [0.1, 0.15) is 16.2 Å². The Kier molecular flexibility index (Phi) is 3.70. The van der Waals surface area contributed by atoms with Crippen molar-refractivity contribution >= 4 is 38.5 Å². The van der Waals surface area contributed by atoms with E-state index in [0.29, 0.717) is 11.2 Å². The van der Waals surface area contributed by atoms with Crippen LogP contribution >= 0.6 is 11.3 Å². The van der Waals surface area contributed by atoms with Crippen molar-refractivity contribution in [3.05, 3.63) is 12.1 Å². The number of hydrogen-bond acceptors (Lipinski definition) is 5. The minimum atomic E-state index is 0.0969. The summed E-state index contributed by atoms with van der Waals surface area (Å²) in [5.41, 5.74) is 0.852. The van der Waals surface area contributed by atoms with Crippen LogP contribution in [0.3, 0.4) is 0 Å². The van der Waals surface area contributed by atoms with Gasteiger partial charge in [-0.05, 0) is 37.8 Å². The van der Waals surface area contributed by atoms with Crippen LogP contribution in [-0.4, -0.2) is 21.9 Å². The van der Waals surface area contributed by atoms with Crippen LogP contribution in [0.5, 0.6) is 0 Å². The third kappa shape index (κ3) is 3.06. The number of thiazole rings is 1. The fraction of sp³-hybridized carbons (Fsp3) is 0.562. The molecule has 1 amide bonds. The standard InChI is InChI=1S/C16H20N4OS/c21-14(10-6-7-10)20-16-18-12-8-9-13(19-15(12)22-16)17-11-4-2-1-3-5-11/h8-11H,1-7H2,(H,17,19)(H,18,20,21). The molecule has 4 rings (SSSR count). The van der Waals surface area contributed by atoms with E-state index in [1.807, 2.05) is 12.1 Å². The lowest BCUT2D eigenvalue weighted by Gasteiger charge is -2.23. The summed E-state index contributed by atoms with van der Waals surface area (Å²) in [7, 11) is 0. The molecule has 0 spiro atoms. The van der Waals surface area contributed by atoms with Crippen LogP contribution in [0.1, 0.15) is 44.9 Å². The maximum absolute atomic E-state index is 11.8. The molecule has 0 unspecified atom stereocenters. The molecule has 2 aromatic heterocycles. The monoisotopic (exact) mass is 316 g/mol. The van der Waals surface area contributed by atoms with Crippen molar-refractivity contribution in [3.63, 3.8) is 0 Å². The summed E-state index contributed by atoms with van der Waals surface area (Å²) < 4.78 is 0. The molecule has 5 nitrogen and oxygen atoms in total. The molecule has 0 radical (unpaired) electrons. The van der Waals surface area contributed by atoms with E-state index in [2.05, 4.69) is 20.6 Å². The highest BCUT2D eigenvalue weighted by atomic mass is 32.1. The summed E-state index contributed by atoms with van der Waals surface area (Å²) in [6, 6.07) is 4.51.